The number of hydrogen-bond donors (Lipinski definition) is 0. The number of likely N-dealkylation sites (N-methyl/N-ethyl adjacent to an activating group) is 3. The summed E-state index contributed by atoms with van der Waals surface area (Å²) in [6.07, 6.45) is 0.0770. The lowest BCUT2D eigenvalue weighted by molar-refractivity contribution is -0.0788. The van der Waals surface area contributed by atoms with Crippen LogP contribution >= 0.6 is 0 Å². The number of amides is 1. The number of carbonyl (C=O) groups excluding carboxylic acids is 3. The number of fused-ring (bicyclic) bond motifs is 1. The zero-order valence-corrected chi connectivity index (χ0v) is 17.7. The summed E-state index contributed by atoms with van der Waals surface area (Å²) < 4.78 is 17.8. The third kappa shape index (κ3) is 4.96. The molecule has 1 atom stereocenters. The van der Waals surface area contributed by atoms with E-state index in [4.69, 9.17) is 4.74 Å². The van der Waals surface area contributed by atoms with Crippen LogP contribution in [0.1, 0.15) is 48.4 Å². The lowest BCUT2D eigenvalue weighted by Crippen LogP contribution is -2.53. The smallest absolute Gasteiger partial charge is 0.410 e. The van der Waals surface area contributed by atoms with E-state index in [1.54, 1.807) is 13.1 Å². The van der Waals surface area contributed by atoms with Crippen LogP contribution in [0.15, 0.2) is 12.1 Å². The van der Waals surface area contributed by atoms with Gasteiger partial charge in [0.2, 0.25) is 0 Å². The summed E-state index contributed by atoms with van der Waals surface area (Å²) in [5.41, 5.74) is 0.717. The van der Waals surface area contributed by atoms with Gasteiger partial charge in [0.25, 0.3) is 0 Å². The Kier molecular flexibility index (Phi) is 6.71. The highest BCUT2D eigenvalue weighted by atomic mass is 19.3. The van der Waals surface area contributed by atoms with Crippen molar-refractivity contribution in [2.75, 3.05) is 43.5 Å². The largest absolute Gasteiger partial charge is 0.444 e. The SMILES string of the molecule is CCN1c2cc(C=O)c(C(=O)OF)cc2N(C)CC1CN(C)C(=O)OC(C)(C)C. The Hall–Kier alpha value is -2.84. The summed E-state index contributed by atoms with van der Waals surface area (Å²) in [7, 11) is 3.51. The van der Waals surface area contributed by atoms with E-state index < -0.39 is 17.7 Å². The monoisotopic (exact) mass is 409 g/mol. The van der Waals surface area contributed by atoms with Crippen molar-refractivity contribution in [2.24, 2.45) is 0 Å². The Balaban J connectivity index is 2.35. The zero-order valence-electron chi connectivity index (χ0n) is 17.7. The highest BCUT2D eigenvalue weighted by molar-refractivity contribution is 6.01. The van der Waals surface area contributed by atoms with E-state index in [1.807, 2.05) is 44.5 Å². The first-order valence-electron chi connectivity index (χ1n) is 9.40. The summed E-state index contributed by atoms with van der Waals surface area (Å²) in [6, 6.07) is 2.93. The van der Waals surface area contributed by atoms with Gasteiger partial charge >= 0.3 is 12.1 Å². The lowest BCUT2D eigenvalue weighted by atomic mass is 10.0. The van der Waals surface area contributed by atoms with Crippen molar-refractivity contribution in [1.82, 2.24) is 4.90 Å². The molecule has 1 heterocycles. The van der Waals surface area contributed by atoms with Gasteiger partial charge in [0.1, 0.15) is 5.60 Å². The third-order valence-corrected chi connectivity index (χ3v) is 4.74. The van der Waals surface area contributed by atoms with Crippen molar-refractivity contribution in [2.45, 2.75) is 39.3 Å². The second-order valence-corrected chi connectivity index (χ2v) is 8.09. The molecule has 1 unspecified atom stereocenters. The van der Waals surface area contributed by atoms with Crippen molar-refractivity contribution in [1.29, 1.82) is 0 Å². The van der Waals surface area contributed by atoms with Gasteiger partial charge in [-0.05, 0) is 39.8 Å². The molecule has 9 heteroatoms. The normalized spacial score (nSPS) is 16.2. The molecule has 0 bridgehead atoms. The number of hydrogen-bond acceptors (Lipinski definition) is 7. The fraction of sp³-hybridized carbons (Fsp3) is 0.550. The van der Waals surface area contributed by atoms with Gasteiger partial charge in [-0.1, -0.05) is 0 Å². The van der Waals surface area contributed by atoms with Gasteiger partial charge < -0.3 is 19.4 Å². The average molecular weight is 409 g/mol. The first-order chi connectivity index (χ1) is 13.5. The molecule has 0 aromatic heterocycles. The number of nitrogens with zero attached hydrogens (tertiary/aromatic N) is 3. The molecular weight excluding hydrogens is 381 g/mol. The summed E-state index contributed by atoms with van der Waals surface area (Å²) in [5.74, 6) is -1.21. The number of benzene rings is 1. The van der Waals surface area contributed by atoms with E-state index in [-0.39, 0.29) is 17.2 Å². The number of ether oxygens (including phenoxy) is 1. The van der Waals surface area contributed by atoms with Crippen LogP contribution in [0.4, 0.5) is 20.7 Å². The number of rotatable bonds is 5. The van der Waals surface area contributed by atoms with Crippen LogP contribution in [0.25, 0.3) is 0 Å². The zero-order chi connectivity index (χ0) is 21.9. The molecule has 160 valence electrons. The first-order valence-corrected chi connectivity index (χ1v) is 9.40. The van der Waals surface area contributed by atoms with E-state index in [2.05, 4.69) is 4.94 Å². The van der Waals surface area contributed by atoms with E-state index in [9.17, 15) is 18.9 Å². The molecule has 2 rings (SSSR count). The van der Waals surface area contributed by atoms with Crippen molar-refractivity contribution in [3.05, 3.63) is 23.3 Å². The molecule has 0 radical (unpaired) electrons. The molecule has 1 aromatic carbocycles. The summed E-state index contributed by atoms with van der Waals surface area (Å²) in [6.45, 7) is 8.95. The Labute approximate surface area is 170 Å². The second-order valence-electron chi connectivity index (χ2n) is 8.09. The Morgan fingerprint density at radius 2 is 1.97 bits per heavy atom. The number of carbonyl (C=O) groups is 3. The van der Waals surface area contributed by atoms with Gasteiger partial charge in [0.05, 0.1) is 23.0 Å². The topological polar surface area (TPSA) is 79.4 Å². The van der Waals surface area contributed by atoms with Crippen LogP contribution < -0.4 is 9.80 Å². The molecule has 0 spiro atoms. The fourth-order valence-electron chi connectivity index (χ4n) is 3.47. The van der Waals surface area contributed by atoms with Crippen LogP contribution in [0.3, 0.4) is 0 Å². The minimum atomic E-state index is -1.21. The van der Waals surface area contributed by atoms with E-state index in [1.165, 1.54) is 11.0 Å². The van der Waals surface area contributed by atoms with Crippen molar-refractivity contribution in [3.63, 3.8) is 0 Å². The Bertz CT molecular complexity index is 793. The fourth-order valence-corrected chi connectivity index (χ4v) is 3.47. The maximum Gasteiger partial charge on any atom is 0.410 e. The minimum absolute atomic E-state index is 0.0411. The average Bonchev–Trinajstić information content (AvgIpc) is 2.65. The third-order valence-electron chi connectivity index (χ3n) is 4.74. The van der Waals surface area contributed by atoms with Gasteiger partial charge in [-0.15, -0.1) is 0 Å². The molecule has 0 N–H and O–H groups in total. The number of halogens is 1. The Morgan fingerprint density at radius 1 is 1.31 bits per heavy atom. The van der Waals surface area contributed by atoms with E-state index in [0.29, 0.717) is 31.6 Å². The van der Waals surface area contributed by atoms with Gasteiger partial charge in [0, 0.05) is 43.8 Å². The van der Waals surface area contributed by atoms with Crippen LogP contribution in [0.2, 0.25) is 0 Å². The van der Waals surface area contributed by atoms with Gasteiger partial charge in [-0.3, -0.25) is 4.79 Å². The van der Waals surface area contributed by atoms with Crippen LogP contribution in [-0.2, 0) is 9.68 Å². The summed E-state index contributed by atoms with van der Waals surface area (Å²) >= 11 is 0. The van der Waals surface area contributed by atoms with Gasteiger partial charge in [-0.25, -0.2) is 14.5 Å². The number of anilines is 2. The molecule has 1 amide bonds. The van der Waals surface area contributed by atoms with Crippen LogP contribution in [0, 0.1) is 0 Å². The van der Waals surface area contributed by atoms with E-state index in [0.717, 1.165) is 5.69 Å². The highest BCUT2D eigenvalue weighted by Gasteiger charge is 2.33. The van der Waals surface area contributed by atoms with Gasteiger partial charge in [-0.2, -0.15) is 0 Å². The quantitative estimate of drug-likeness (QED) is 0.692. The summed E-state index contributed by atoms with van der Waals surface area (Å²) in [5, 5.41) is 0. The molecule has 0 aliphatic carbocycles. The standard InChI is InChI=1S/C20H28FN3O5/c1-7-24-14(11-23(6)19(27)28-20(2,3)4)10-22(5)16-9-15(18(26)29-21)13(12-25)8-17(16)24/h8-9,12,14H,7,10-11H2,1-6H3. The summed E-state index contributed by atoms with van der Waals surface area (Å²) in [4.78, 5) is 44.3. The molecular formula is C20H28FN3O5. The molecule has 0 saturated carbocycles. The first kappa shape index (κ1) is 22.4. The lowest BCUT2D eigenvalue weighted by Gasteiger charge is -2.44. The minimum Gasteiger partial charge on any atom is -0.444 e. The van der Waals surface area contributed by atoms with E-state index >= 15 is 0 Å². The predicted molar refractivity (Wildman–Crippen MR) is 107 cm³/mol. The van der Waals surface area contributed by atoms with Gasteiger partial charge in [0.15, 0.2) is 6.29 Å². The highest BCUT2D eigenvalue weighted by Crippen LogP contribution is 2.37. The van der Waals surface area contributed by atoms with Crippen LogP contribution in [-0.4, -0.2) is 68.6 Å². The number of aldehydes is 1. The molecule has 0 fully saturated rings. The molecule has 8 nitrogen and oxygen atoms in total. The van der Waals surface area contributed by atoms with Crippen molar-refractivity contribution >= 4 is 29.7 Å². The van der Waals surface area contributed by atoms with Crippen molar-refractivity contribution in [3.8, 4) is 0 Å². The van der Waals surface area contributed by atoms with Crippen LogP contribution in [0.5, 0.6) is 0 Å². The molecule has 1 aliphatic heterocycles. The Morgan fingerprint density at radius 3 is 2.48 bits per heavy atom. The maximum absolute atomic E-state index is 12.4. The molecule has 0 saturated heterocycles. The second kappa shape index (κ2) is 8.67. The molecule has 1 aliphatic rings. The molecule has 29 heavy (non-hydrogen) atoms. The maximum atomic E-state index is 12.4. The molecule has 1 aromatic rings. The predicted octanol–water partition coefficient (Wildman–Crippen LogP) is 3.05. The van der Waals surface area contributed by atoms with Crippen molar-refractivity contribution < 1.29 is 28.6 Å².